The monoisotopic (exact) mass is 642 g/mol. The second-order valence-electron chi connectivity index (χ2n) is 13.0. The molecule has 0 atom stereocenters. The number of para-hydroxylation sites is 2. The number of nitrogens with zero attached hydrogens (tertiary/aromatic N) is 6. The number of fused-ring (bicyclic) bond motifs is 1. The molecule has 49 heavy (non-hydrogen) atoms. The van der Waals surface area contributed by atoms with E-state index in [2.05, 4.69) is 148 Å². The molecule has 0 bridgehead atoms. The van der Waals surface area contributed by atoms with Crippen LogP contribution in [0.2, 0.25) is 0 Å². The Bertz CT molecular complexity index is 2070. The molecular formula is C42H38N6O. The minimum Gasteiger partial charge on any atom is -0.457 e. The molecule has 7 heteroatoms. The predicted molar refractivity (Wildman–Crippen MR) is 199 cm³/mol. The van der Waals surface area contributed by atoms with Crippen molar-refractivity contribution >= 4 is 22.7 Å². The lowest BCUT2D eigenvalue weighted by Crippen LogP contribution is -2.49. The van der Waals surface area contributed by atoms with Crippen molar-refractivity contribution < 1.29 is 4.74 Å². The molecule has 4 aromatic carbocycles. The van der Waals surface area contributed by atoms with Crippen LogP contribution in [-0.2, 0) is 5.54 Å². The van der Waals surface area contributed by atoms with Gasteiger partial charge in [-0.15, -0.1) is 0 Å². The van der Waals surface area contributed by atoms with E-state index in [4.69, 9.17) is 4.74 Å². The van der Waals surface area contributed by atoms with Crippen molar-refractivity contribution in [2.24, 2.45) is 0 Å². The first kappa shape index (κ1) is 30.4. The van der Waals surface area contributed by atoms with Gasteiger partial charge in [0.05, 0.1) is 19.0 Å². The normalized spacial score (nSPS) is 15.4. The van der Waals surface area contributed by atoms with Crippen LogP contribution in [0, 0.1) is 0 Å². The molecule has 2 aliphatic rings. The SMILES string of the molecule is CN1CN(c2cccc(Oc3cccc(N4C=CN(c5c(-c6cccnc6)cccc5-c5cccnc5)C4)c3)c2)c2ccccc2C1(C)C. The van der Waals surface area contributed by atoms with E-state index in [-0.39, 0.29) is 5.54 Å². The zero-order valence-electron chi connectivity index (χ0n) is 27.9. The molecule has 0 unspecified atom stereocenters. The average molecular weight is 643 g/mol. The Morgan fingerprint density at radius 1 is 0.612 bits per heavy atom. The molecule has 0 saturated carbocycles. The average Bonchev–Trinajstić information content (AvgIpc) is 3.64. The van der Waals surface area contributed by atoms with Crippen LogP contribution in [0.4, 0.5) is 22.7 Å². The Morgan fingerprint density at radius 2 is 1.22 bits per heavy atom. The van der Waals surface area contributed by atoms with Gasteiger partial charge in [0.15, 0.2) is 0 Å². The number of pyridine rings is 2. The summed E-state index contributed by atoms with van der Waals surface area (Å²) in [6.45, 7) is 5.99. The molecule has 2 aliphatic heterocycles. The van der Waals surface area contributed by atoms with Crippen LogP contribution < -0.4 is 19.4 Å². The van der Waals surface area contributed by atoms with Crippen LogP contribution in [0.3, 0.4) is 0 Å². The van der Waals surface area contributed by atoms with E-state index in [1.807, 2.05) is 55.1 Å². The molecule has 6 aromatic rings. The first-order valence-corrected chi connectivity index (χ1v) is 16.6. The number of hydrogen-bond acceptors (Lipinski definition) is 7. The quantitative estimate of drug-likeness (QED) is 0.172. The summed E-state index contributed by atoms with van der Waals surface area (Å²) in [6.07, 6.45) is 11.7. The number of rotatable bonds is 7. The van der Waals surface area contributed by atoms with Gasteiger partial charge in [0.1, 0.15) is 11.5 Å². The second-order valence-corrected chi connectivity index (χ2v) is 13.0. The largest absolute Gasteiger partial charge is 0.457 e. The Balaban J connectivity index is 1.05. The maximum atomic E-state index is 6.51. The standard InChI is InChI=1S/C42H38N6O/c1-42(2)39-19-4-5-20-40(39)48(29-45(42)3)34-14-7-16-36(26-34)49-35-15-6-13-33(25-35)46-23-24-47(30-46)41-37(31-11-9-21-43-27-31)17-8-18-38(41)32-12-10-22-44-28-32/h4-28H,29-30H2,1-3H3. The van der Waals surface area contributed by atoms with E-state index in [1.165, 1.54) is 11.3 Å². The first-order chi connectivity index (χ1) is 24.0. The fraction of sp³-hybridized carbons (Fsp3) is 0.143. The third-order valence-corrected chi connectivity index (χ3v) is 9.68. The highest BCUT2D eigenvalue weighted by molar-refractivity contribution is 5.92. The van der Waals surface area contributed by atoms with E-state index in [1.54, 1.807) is 0 Å². The number of benzene rings is 4. The summed E-state index contributed by atoms with van der Waals surface area (Å²) >= 11 is 0. The summed E-state index contributed by atoms with van der Waals surface area (Å²) in [7, 11) is 2.18. The van der Waals surface area contributed by atoms with E-state index < -0.39 is 0 Å². The lowest BCUT2D eigenvalue weighted by Gasteiger charge is -2.47. The molecule has 0 radical (unpaired) electrons. The van der Waals surface area contributed by atoms with Gasteiger partial charge in [-0.1, -0.05) is 60.7 Å². The minimum absolute atomic E-state index is 0.0532. The smallest absolute Gasteiger partial charge is 0.129 e. The third kappa shape index (κ3) is 5.79. The summed E-state index contributed by atoms with van der Waals surface area (Å²) in [4.78, 5) is 18.1. The molecule has 0 amide bonds. The van der Waals surface area contributed by atoms with Crippen LogP contribution >= 0.6 is 0 Å². The molecular weight excluding hydrogens is 605 g/mol. The Labute approximate surface area is 288 Å². The Morgan fingerprint density at radius 3 is 1.90 bits per heavy atom. The van der Waals surface area contributed by atoms with Crippen molar-refractivity contribution in [2.45, 2.75) is 19.4 Å². The van der Waals surface area contributed by atoms with Crippen molar-refractivity contribution in [2.75, 3.05) is 35.1 Å². The van der Waals surface area contributed by atoms with E-state index in [0.717, 1.165) is 57.5 Å². The third-order valence-electron chi connectivity index (χ3n) is 9.68. The molecule has 0 fully saturated rings. The molecule has 7 nitrogen and oxygen atoms in total. The predicted octanol–water partition coefficient (Wildman–Crippen LogP) is 9.63. The summed E-state index contributed by atoms with van der Waals surface area (Å²) in [5.74, 6) is 1.58. The van der Waals surface area contributed by atoms with Gasteiger partial charge in [0, 0.05) is 94.2 Å². The maximum absolute atomic E-state index is 6.51. The van der Waals surface area contributed by atoms with Gasteiger partial charge < -0.3 is 19.4 Å². The molecule has 8 rings (SSSR count). The summed E-state index contributed by atoms with van der Waals surface area (Å²) < 4.78 is 6.51. The molecule has 242 valence electrons. The highest BCUT2D eigenvalue weighted by atomic mass is 16.5. The van der Waals surface area contributed by atoms with Crippen molar-refractivity contribution in [3.8, 4) is 33.8 Å². The number of ether oxygens (including phenoxy) is 1. The van der Waals surface area contributed by atoms with E-state index >= 15 is 0 Å². The molecule has 0 aliphatic carbocycles. The topological polar surface area (TPSA) is 48.0 Å². The number of anilines is 4. The Hall–Kier alpha value is -5.92. The van der Waals surface area contributed by atoms with Gasteiger partial charge >= 0.3 is 0 Å². The second kappa shape index (κ2) is 12.6. The molecule has 0 N–H and O–H groups in total. The Kier molecular flexibility index (Phi) is 7.82. The zero-order valence-corrected chi connectivity index (χ0v) is 27.9. The van der Waals surface area contributed by atoms with Crippen LogP contribution in [0.1, 0.15) is 19.4 Å². The summed E-state index contributed by atoms with van der Waals surface area (Å²) in [5.41, 5.74) is 10.1. The zero-order chi connectivity index (χ0) is 33.4. The van der Waals surface area contributed by atoms with E-state index in [9.17, 15) is 0 Å². The minimum atomic E-state index is -0.0532. The van der Waals surface area contributed by atoms with Crippen LogP contribution in [0.25, 0.3) is 22.3 Å². The van der Waals surface area contributed by atoms with Gasteiger partial charge in [-0.3, -0.25) is 14.9 Å². The summed E-state index contributed by atoms with van der Waals surface area (Å²) in [5, 5.41) is 0. The van der Waals surface area contributed by atoms with Gasteiger partial charge in [0.2, 0.25) is 0 Å². The fourth-order valence-corrected chi connectivity index (χ4v) is 6.79. The highest BCUT2D eigenvalue weighted by Gasteiger charge is 2.35. The summed E-state index contributed by atoms with van der Waals surface area (Å²) in [6, 6.07) is 39.9. The highest BCUT2D eigenvalue weighted by Crippen LogP contribution is 2.44. The number of hydrogen-bond donors (Lipinski definition) is 0. The van der Waals surface area contributed by atoms with Gasteiger partial charge in [0.25, 0.3) is 0 Å². The van der Waals surface area contributed by atoms with Crippen LogP contribution in [0.5, 0.6) is 11.5 Å². The van der Waals surface area contributed by atoms with Crippen LogP contribution in [-0.4, -0.2) is 35.3 Å². The molecule has 4 heterocycles. The van der Waals surface area contributed by atoms with Gasteiger partial charge in [-0.25, -0.2) is 0 Å². The van der Waals surface area contributed by atoms with Crippen molar-refractivity contribution in [3.05, 3.63) is 158 Å². The van der Waals surface area contributed by atoms with Crippen molar-refractivity contribution in [1.82, 2.24) is 14.9 Å². The lowest BCUT2D eigenvalue weighted by atomic mass is 9.88. The fourth-order valence-electron chi connectivity index (χ4n) is 6.79. The molecule has 0 spiro atoms. The van der Waals surface area contributed by atoms with Crippen LogP contribution in [0.15, 0.2) is 152 Å². The van der Waals surface area contributed by atoms with E-state index in [0.29, 0.717) is 6.67 Å². The maximum Gasteiger partial charge on any atom is 0.129 e. The first-order valence-electron chi connectivity index (χ1n) is 16.6. The molecule has 0 saturated heterocycles. The number of aromatic nitrogens is 2. The van der Waals surface area contributed by atoms with Gasteiger partial charge in [-0.05, 0) is 68.9 Å². The lowest BCUT2D eigenvalue weighted by molar-refractivity contribution is 0.150. The van der Waals surface area contributed by atoms with Gasteiger partial charge in [-0.2, -0.15) is 0 Å². The van der Waals surface area contributed by atoms with Crippen molar-refractivity contribution in [3.63, 3.8) is 0 Å². The van der Waals surface area contributed by atoms with Crippen molar-refractivity contribution in [1.29, 1.82) is 0 Å². The molecule has 2 aromatic heterocycles.